The fourth-order valence-electron chi connectivity index (χ4n) is 5.20. The smallest absolute Gasteiger partial charge is 0.332 e. The summed E-state index contributed by atoms with van der Waals surface area (Å²) in [5.41, 5.74) is 1.47. The number of carbonyl (C=O) groups is 1. The predicted octanol–water partition coefficient (Wildman–Crippen LogP) is 4.77. The molecule has 3 aromatic rings. The van der Waals surface area contributed by atoms with Crippen LogP contribution in [0.5, 0.6) is 5.75 Å². The first-order chi connectivity index (χ1) is 15.5. The van der Waals surface area contributed by atoms with Crippen LogP contribution in [0.25, 0.3) is 16.6 Å². The second-order valence-electron chi connectivity index (χ2n) is 9.64. The van der Waals surface area contributed by atoms with E-state index in [0.717, 1.165) is 23.4 Å². The van der Waals surface area contributed by atoms with Gasteiger partial charge in [-0.1, -0.05) is 19.9 Å². The third-order valence-corrected chi connectivity index (χ3v) is 6.80. The maximum absolute atomic E-state index is 14.2. The summed E-state index contributed by atoms with van der Waals surface area (Å²) < 4.78 is 41.8. The van der Waals surface area contributed by atoms with Crippen LogP contribution < -0.4 is 0 Å². The number of rotatable bonds is 4. The molecular formula is C25H25F2NO5. The number of carboxylic acids is 1. The quantitative estimate of drug-likeness (QED) is 0.590. The summed E-state index contributed by atoms with van der Waals surface area (Å²) in [5, 5.41) is 20.7. The average Bonchev–Trinajstić information content (AvgIpc) is 3.09. The molecule has 5 rings (SSSR count). The van der Waals surface area contributed by atoms with Crippen molar-refractivity contribution in [1.82, 2.24) is 4.57 Å². The highest BCUT2D eigenvalue weighted by Gasteiger charge is 2.56. The number of nitrogens with zero attached hydrogens (tertiary/aromatic N) is 1. The van der Waals surface area contributed by atoms with Crippen molar-refractivity contribution in [3.05, 3.63) is 59.3 Å². The Kier molecular flexibility index (Phi) is 4.81. The summed E-state index contributed by atoms with van der Waals surface area (Å²) in [6.45, 7) is 5.86. The van der Waals surface area contributed by atoms with Gasteiger partial charge in [0.05, 0.1) is 18.2 Å². The summed E-state index contributed by atoms with van der Waals surface area (Å²) in [6, 6.07) is 8.89. The van der Waals surface area contributed by atoms with Gasteiger partial charge in [-0.3, -0.25) is 0 Å². The van der Waals surface area contributed by atoms with Crippen molar-refractivity contribution in [2.75, 3.05) is 6.61 Å². The van der Waals surface area contributed by atoms with Gasteiger partial charge in [0.25, 0.3) is 0 Å². The van der Waals surface area contributed by atoms with E-state index in [-0.39, 0.29) is 11.9 Å². The van der Waals surface area contributed by atoms with Crippen LogP contribution in [0.4, 0.5) is 8.78 Å². The van der Waals surface area contributed by atoms with Gasteiger partial charge in [-0.05, 0) is 31.2 Å². The van der Waals surface area contributed by atoms with Crippen LogP contribution in [-0.2, 0) is 25.3 Å². The lowest BCUT2D eigenvalue weighted by Gasteiger charge is -2.52. The van der Waals surface area contributed by atoms with Gasteiger partial charge in [0, 0.05) is 46.7 Å². The van der Waals surface area contributed by atoms with Crippen molar-refractivity contribution in [3.63, 3.8) is 0 Å². The number of aliphatic carboxylic acids is 1. The van der Waals surface area contributed by atoms with Gasteiger partial charge in [0.15, 0.2) is 17.7 Å². The second-order valence-corrected chi connectivity index (χ2v) is 9.64. The number of phenols is 1. The minimum atomic E-state index is -1.03. The van der Waals surface area contributed by atoms with E-state index < -0.39 is 34.7 Å². The van der Waals surface area contributed by atoms with Crippen LogP contribution in [0, 0.1) is 11.6 Å². The SMILES string of the molecule is CC(O[C@H]1C[C@]2(C1)OCC(C)(C)c1c2c2c(O)cccc2n1-c1ccc(F)c(F)c1)C(=O)O. The van der Waals surface area contributed by atoms with Crippen LogP contribution in [0.15, 0.2) is 36.4 Å². The normalized spacial score (nSPS) is 24.5. The first-order valence-corrected chi connectivity index (χ1v) is 10.9. The predicted molar refractivity (Wildman–Crippen MR) is 117 cm³/mol. The van der Waals surface area contributed by atoms with Gasteiger partial charge in [-0.25, -0.2) is 13.6 Å². The van der Waals surface area contributed by atoms with Crippen molar-refractivity contribution < 1.29 is 33.3 Å². The van der Waals surface area contributed by atoms with Crippen molar-refractivity contribution in [1.29, 1.82) is 0 Å². The molecule has 0 radical (unpaired) electrons. The minimum Gasteiger partial charge on any atom is -0.507 e. The van der Waals surface area contributed by atoms with E-state index >= 15 is 0 Å². The zero-order valence-electron chi connectivity index (χ0n) is 18.6. The molecule has 0 saturated heterocycles. The standard InChI is InChI=1S/C25H25F2NO5/c1-13(23(30)31)33-15-10-25(11-15)21-20-18(5-4-6-19(20)29)28(22(21)24(2,3)12-32-25)14-7-8-16(26)17(27)9-14/h4-9,13,15,29H,10-12H2,1-3H3,(H,30,31)/t13?,15-,25+. The van der Waals surface area contributed by atoms with Crippen LogP contribution in [0.2, 0.25) is 0 Å². The minimum absolute atomic E-state index is 0.0639. The molecule has 1 unspecified atom stereocenters. The van der Waals surface area contributed by atoms with Gasteiger partial charge in [0.2, 0.25) is 0 Å². The van der Waals surface area contributed by atoms with Crippen LogP contribution in [0.1, 0.15) is 44.9 Å². The molecule has 1 saturated carbocycles. The molecule has 1 spiro atoms. The summed E-state index contributed by atoms with van der Waals surface area (Å²) in [7, 11) is 0. The number of benzene rings is 2. The van der Waals surface area contributed by atoms with Crippen LogP contribution in [-0.4, -0.2) is 39.6 Å². The number of ether oxygens (including phenoxy) is 2. The second kappa shape index (κ2) is 7.27. The van der Waals surface area contributed by atoms with E-state index in [9.17, 15) is 23.8 Å². The molecule has 174 valence electrons. The summed E-state index contributed by atoms with van der Waals surface area (Å²) in [6.07, 6.45) is -0.390. The average molecular weight is 457 g/mol. The van der Waals surface area contributed by atoms with Gasteiger partial charge in [-0.2, -0.15) is 0 Å². The first-order valence-electron chi connectivity index (χ1n) is 10.9. The number of fused-ring (bicyclic) bond motifs is 4. The highest BCUT2D eigenvalue weighted by atomic mass is 19.2. The molecule has 8 heteroatoms. The third kappa shape index (κ3) is 3.23. The Labute approximate surface area is 189 Å². The third-order valence-electron chi connectivity index (χ3n) is 6.80. The largest absolute Gasteiger partial charge is 0.507 e. The van der Waals surface area contributed by atoms with Crippen molar-refractivity contribution in [2.24, 2.45) is 0 Å². The van der Waals surface area contributed by atoms with Crippen molar-refractivity contribution in [3.8, 4) is 11.4 Å². The zero-order valence-corrected chi connectivity index (χ0v) is 18.6. The number of halogens is 2. The number of hydrogen-bond acceptors (Lipinski definition) is 4. The van der Waals surface area contributed by atoms with Gasteiger partial charge in [-0.15, -0.1) is 0 Å². The fraction of sp³-hybridized carbons (Fsp3) is 0.400. The molecule has 1 aromatic heterocycles. The highest BCUT2D eigenvalue weighted by molar-refractivity contribution is 5.94. The molecule has 1 atom stereocenters. The Morgan fingerprint density at radius 3 is 2.61 bits per heavy atom. The molecule has 1 aliphatic heterocycles. The number of carboxylic acid groups (broad SMARTS) is 1. The maximum Gasteiger partial charge on any atom is 0.332 e. The van der Waals surface area contributed by atoms with Gasteiger partial charge >= 0.3 is 5.97 Å². The van der Waals surface area contributed by atoms with E-state index in [0.29, 0.717) is 36.0 Å². The topological polar surface area (TPSA) is 80.9 Å². The molecule has 1 fully saturated rings. The lowest BCUT2D eigenvalue weighted by molar-refractivity contribution is -0.209. The molecule has 1 aliphatic carbocycles. The van der Waals surface area contributed by atoms with E-state index in [1.54, 1.807) is 12.1 Å². The van der Waals surface area contributed by atoms with Gasteiger partial charge < -0.3 is 24.3 Å². The lowest BCUT2D eigenvalue weighted by Crippen LogP contribution is -2.54. The van der Waals surface area contributed by atoms with Gasteiger partial charge in [0.1, 0.15) is 11.4 Å². The molecule has 33 heavy (non-hydrogen) atoms. The first kappa shape index (κ1) is 21.9. The molecule has 0 bridgehead atoms. The fourth-order valence-corrected chi connectivity index (χ4v) is 5.20. The van der Waals surface area contributed by atoms with E-state index in [4.69, 9.17) is 9.47 Å². The monoisotopic (exact) mass is 457 g/mol. The zero-order chi connectivity index (χ0) is 23.7. The number of phenolic OH excluding ortho intramolecular Hbond substituents is 1. The molecule has 6 nitrogen and oxygen atoms in total. The molecular weight excluding hydrogens is 432 g/mol. The molecule has 0 amide bonds. The van der Waals surface area contributed by atoms with E-state index in [1.807, 2.05) is 24.5 Å². The van der Waals surface area contributed by atoms with Crippen LogP contribution in [0.3, 0.4) is 0 Å². The Morgan fingerprint density at radius 1 is 1.21 bits per heavy atom. The summed E-state index contributed by atoms with van der Waals surface area (Å²) in [4.78, 5) is 11.2. The lowest BCUT2D eigenvalue weighted by atomic mass is 9.67. The van der Waals surface area contributed by atoms with E-state index in [1.165, 1.54) is 13.0 Å². The van der Waals surface area contributed by atoms with E-state index in [2.05, 4.69) is 0 Å². The molecule has 2 aliphatic rings. The Hall–Kier alpha value is -2.97. The summed E-state index contributed by atoms with van der Waals surface area (Å²) >= 11 is 0. The Balaban J connectivity index is 1.72. The molecule has 2 heterocycles. The van der Waals surface area contributed by atoms with Crippen LogP contribution >= 0.6 is 0 Å². The Morgan fingerprint density at radius 2 is 1.94 bits per heavy atom. The molecule has 2 aromatic carbocycles. The maximum atomic E-state index is 14.2. The number of hydrogen-bond donors (Lipinski definition) is 2. The Bertz CT molecular complexity index is 1280. The van der Waals surface area contributed by atoms with Crippen molar-refractivity contribution in [2.45, 2.75) is 56.8 Å². The molecule has 2 N–H and O–H groups in total. The van der Waals surface area contributed by atoms with Crippen molar-refractivity contribution >= 4 is 16.9 Å². The number of aromatic hydroxyl groups is 1. The number of aromatic nitrogens is 1. The summed E-state index contributed by atoms with van der Waals surface area (Å²) in [5.74, 6) is -2.86. The highest BCUT2D eigenvalue weighted by Crippen LogP contribution is 2.57.